The maximum Gasteiger partial charge on any atom is 1.00 e. The van der Waals surface area contributed by atoms with Gasteiger partial charge in [0.2, 0.25) is 11.8 Å². The van der Waals surface area contributed by atoms with Crippen molar-refractivity contribution >= 4 is 41.7 Å². The van der Waals surface area contributed by atoms with E-state index in [9.17, 15) is 28.8 Å². The van der Waals surface area contributed by atoms with E-state index in [4.69, 9.17) is 9.47 Å². The van der Waals surface area contributed by atoms with Crippen molar-refractivity contribution in [1.29, 1.82) is 0 Å². The van der Waals surface area contributed by atoms with Crippen molar-refractivity contribution in [1.82, 2.24) is 10.2 Å². The number of amides is 5. The molecule has 12 nitrogen and oxygen atoms in total. The molecule has 1 fully saturated rings. The topological polar surface area (TPSA) is 164 Å². The van der Waals surface area contributed by atoms with E-state index >= 15 is 0 Å². The second-order valence-electron chi connectivity index (χ2n) is 8.53. The van der Waals surface area contributed by atoms with E-state index in [2.05, 4.69) is 16.0 Å². The number of alkyl carbamates (subject to hydrolysis) is 1. The van der Waals surface area contributed by atoms with Crippen molar-refractivity contribution in [2.75, 3.05) is 39.5 Å². The average Bonchev–Trinajstić information content (AvgIpc) is 2.87. The Balaban J connectivity index is 0. The van der Waals surface area contributed by atoms with Crippen LogP contribution in [0.25, 0.3) is 10.6 Å². The van der Waals surface area contributed by atoms with Crippen LogP contribution < -0.4 is 122 Å². The largest absolute Gasteiger partial charge is 1.00 e. The smallest absolute Gasteiger partial charge is 0.651 e. The molecule has 0 atom stereocenters. The quantitative estimate of drug-likeness (QED) is 0.0730. The van der Waals surface area contributed by atoms with Gasteiger partial charge in [0.15, 0.2) is 0 Å². The minimum absolute atomic E-state index is 0. The Morgan fingerprint density at radius 2 is 1.73 bits per heavy atom. The van der Waals surface area contributed by atoms with E-state index in [1.165, 1.54) is 4.90 Å². The molecule has 0 bridgehead atoms. The molecule has 1 aliphatic rings. The van der Waals surface area contributed by atoms with Gasteiger partial charge in [0.05, 0.1) is 24.8 Å². The van der Waals surface area contributed by atoms with E-state index in [1.54, 1.807) is 24.3 Å². The molecule has 2 rings (SSSR count). The van der Waals surface area contributed by atoms with Crippen LogP contribution in [0.2, 0.25) is 0 Å². The first-order chi connectivity index (χ1) is 18.4. The number of unbranched alkanes of at least 4 members (excludes halogenated alkanes) is 3. The number of hydrogen-bond donors (Lipinski definition) is 1. The van der Waals surface area contributed by atoms with Crippen LogP contribution in [0.15, 0.2) is 24.3 Å². The van der Waals surface area contributed by atoms with Crippen LogP contribution in [0.4, 0.5) is 10.5 Å². The van der Waals surface area contributed by atoms with Crippen LogP contribution in [0.3, 0.4) is 0 Å². The molecule has 1 saturated heterocycles. The maximum absolute atomic E-state index is 12.0. The van der Waals surface area contributed by atoms with Gasteiger partial charge in [-0.1, -0.05) is 30.7 Å². The van der Waals surface area contributed by atoms with E-state index in [1.807, 2.05) is 0 Å². The molecule has 0 spiro atoms. The minimum atomic E-state index is -0.633. The Kier molecular flexibility index (Phi) is 24.2. The third-order valence-electron chi connectivity index (χ3n) is 5.46. The Morgan fingerprint density at radius 3 is 2.38 bits per heavy atom. The molecular formula is C26H36N4O8Rb2. The average molecular weight is 704 g/mol. The van der Waals surface area contributed by atoms with E-state index < -0.39 is 24.3 Å². The molecule has 0 radical (unpaired) electrons. The summed E-state index contributed by atoms with van der Waals surface area (Å²) in [7, 11) is 0. The summed E-state index contributed by atoms with van der Waals surface area (Å²) in [5, 5.41) is 10.3. The van der Waals surface area contributed by atoms with Crippen LogP contribution in [0.1, 0.15) is 51.9 Å². The van der Waals surface area contributed by atoms with Crippen molar-refractivity contribution < 1.29 is 156 Å². The number of nitrogens with zero attached hydrogens (tertiary/aromatic N) is 3. The zero-order valence-electron chi connectivity index (χ0n) is 23.4. The van der Waals surface area contributed by atoms with Gasteiger partial charge in [-0.3, -0.25) is 14.5 Å². The minimum Gasteiger partial charge on any atom is -0.651 e. The zero-order valence-corrected chi connectivity index (χ0v) is 33.2. The first-order valence-corrected chi connectivity index (χ1v) is 12.7. The molecule has 210 valence electrons. The number of aldehydes is 1. The summed E-state index contributed by atoms with van der Waals surface area (Å²) in [6, 6.07) is 6.43. The molecule has 1 aromatic carbocycles. The van der Waals surface area contributed by atoms with Crippen LogP contribution in [0, 0.1) is 0 Å². The third kappa shape index (κ3) is 17.7. The monoisotopic (exact) mass is 702 g/mol. The molecule has 1 aromatic rings. The predicted octanol–water partition coefficient (Wildman–Crippen LogP) is -3.04. The molecule has 5 amide bonds. The molecule has 0 aliphatic carbocycles. The summed E-state index contributed by atoms with van der Waals surface area (Å²) in [5.41, 5.74) is 1.05. The van der Waals surface area contributed by atoms with Gasteiger partial charge in [0, 0.05) is 53.4 Å². The van der Waals surface area contributed by atoms with Gasteiger partial charge in [-0.2, -0.15) is 0 Å². The van der Waals surface area contributed by atoms with Crippen LogP contribution in [-0.2, 0) is 39.9 Å². The number of rotatable bonds is 18. The van der Waals surface area contributed by atoms with Gasteiger partial charge < -0.3 is 39.8 Å². The number of likely N-dealkylation sites (tertiary alicyclic amines) is 1. The predicted molar refractivity (Wildman–Crippen MR) is 139 cm³/mol. The molecule has 0 unspecified atom stereocenters. The molecule has 1 N–H and O–H groups in total. The fraction of sp³-hybridized carbons (Fsp3) is 0.538. The molecular weight excluding hydrogens is 667 g/mol. The van der Waals surface area contributed by atoms with Crippen LogP contribution in [0.5, 0.6) is 0 Å². The number of carbonyl (C=O) groups excluding carboxylic acids is 6. The first-order valence-electron chi connectivity index (χ1n) is 12.7. The third-order valence-corrected chi connectivity index (χ3v) is 5.46. The standard InChI is InChI=1S/C26H36N4O8.2Rb.H2/c31-14-4-2-1-3-11-28-26(36)38-16-5-15-37-17-12-27-22(32)19-23(33)29-21-8-6-20(7-9-21)18-25(35)30-13-10-24(30)34;;;/h6-9,14H,1-5,10-13,15-19H2,(H3,27,28,29,32,33,36);;;1H/q;2*+1;/p-2. The van der Waals surface area contributed by atoms with Gasteiger partial charge in [0.1, 0.15) is 6.29 Å². The van der Waals surface area contributed by atoms with Crippen molar-refractivity contribution in [2.24, 2.45) is 0 Å². The molecule has 14 heteroatoms. The molecule has 1 aliphatic heterocycles. The fourth-order valence-electron chi connectivity index (χ4n) is 3.34. The Hall–Kier alpha value is -0.190. The molecule has 1 heterocycles. The van der Waals surface area contributed by atoms with Crippen molar-refractivity contribution in [3.8, 4) is 0 Å². The van der Waals surface area contributed by atoms with Gasteiger partial charge >= 0.3 is 122 Å². The van der Waals surface area contributed by atoms with Gasteiger partial charge in [-0.05, 0) is 18.4 Å². The number of carbonyl (C=O) groups is 6. The summed E-state index contributed by atoms with van der Waals surface area (Å²) in [6.07, 6.45) is 3.89. The molecule has 40 heavy (non-hydrogen) atoms. The number of nitrogens with one attached hydrogen (secondary N) is 1. The molecule has 0 aromatic heterocycles. The Bertz CT molecular complexity index is 969. The second-order valence-corrected chi connectivity index (χ2v) is 8.53. The number of hydrogen-bond acceptors (Lipinski definition) is 8. The van der Waals surface area contributed by atoms with E-state index in [0.29, 0.717) is 50.2 Å². The van der Waals surface area contributed by atoms with Gasteiger partial charge in [-0.15, -0.1) is 12.2 Å². The van der Waals surface area contributed by atoms with Crippen molar-refractivity contribution in [3.63, 3.8) is 0 Å². The summed E-state index contributed by atoms with van der Waals surface area (Å²) < 4.78 is 10.3. The number of imide groups is 1. The number of ether oxygens (including phenoxy) is 2. The Morgan fingerprint density at radius 1 is 0.975 bits per heavy atom. The normalized spacial score (nSPS) is 11.7. The van der Waals surface area contributed by atoms with E-state index in [-0.39, 0.29) is 156 Å². The van der Waals surface area contributed by atoms with Crippen molar-refractivity contribution in [2.45, 2.75) is 51.4 Å². The van der Waals surface area contributed by atoms with E-state index in [0.717, 1.165) is 25.5 Å². The van der Waals surface area contributed by atoms with Crippen LogP contribution >= 0.6 is 0 Å². The zero-order chi connectivity index (χ0) is 27.6. The van der Waals surface area contributed by atoms with Gasteiger partial charge in [-0.25, -0.2) is 4.79 Å². The second kappa shape index (κ2) is 24.3. The Labute approximate surface area is 333 Å². The summed E-state index contributed by atoms with van der Waals surface area (Å²) >= 11 is 0. The number of β-lactam (4-membered cyclic amide) rings is 1. The van der Waals surface area contributed by atoms with Gasteiger partial charge in [0.25, 0.3) is 0 Å². The summed E-state index contributed by atoms with van der Waals surface area (Å²) in [5.74, 6) is -1.67. The maximum atomic E-state index is 12.0. The van der Waals surface area contributed by atoms with Crippen LogP contribution in [-0.4, -0.2) is 80.4 Å². The first kappa shape index (κ1) is 39.8. The molecule has 0 saturated carbocycles. The summed E-state index contributed by atoms with van der Waals surface area (Å²) in [4.78, 5) is 70.1. The summed E-state index contributed by atoms with van der Waals surface area (Å²) in [6.45, 7) is 1.75. The SMILES string of the molecule is O=CCCCCCNC(=O)OCCCOCC[N-]C(=O)CC(=O)[N-]c1ccc(CC(=O)N2CCC2=O)cc1.[HH].[Rb+].[Rb+]. The van der Waals surface area contributed by atoms with Crippen molar-refractivity contribution in [3.05, 3.63) is 40.5 Å². The number of benzene rings is 1. The fourth-order valence-corrected chi connectivity index (χ4v) is 3.34.